The SMILES string of the molecule is CCC1(CC)CC(=O)N(C)C(N)=N1.CCC[C@H]1CCc2ccccc21.COC1CCc2cc(C(C)=C3CCC3)ccc21. The minimum atomic E-state index is -0.242. The second-order valence-electron chi connectivity index (χ2n) is 12.5. The molecule has 1 amide bonds. The van der Waals surface area contributed by atoms with E-state index in [2.05, 4.69) is 61.3 Å². The largest absolute Gasteiger partial charge is 0.377 e. The fraction of sp³-hybridized carbons (Fsp3) is 0.568. The molecule has 0 bridgehead atoms. The number of aliphatic imine (C=N–C) groups is 1. The first-order valence-corrected chi connectivity index (χ1v) is 16.3. The molecule has 0 radical (unpaired) electrons. The van der Waals surface area contributed by atoms with E-state index in [-0.39, 0.29) is 11.4 Å². The van der Waals surface area contributed by atoms with Crippen molar-refractivity contribution in [2.45, 2.75) is 122 Å². The summed E-state index contributed by atoms with van der Waals surface area (Å²) in [5.74, 6) is 1.28. The van der Waals surface area contributed by atoms with E-state index in [9.17, 15) is 4.79 Å². The molecule has 0 aromatic heterocycles. The summed E-state index contributed by atoms with van der Waals surface area (Å²) in [5.41, 5.74) is 16.1. The average Bonchev–Trinajstić information content (AvgIpc) is 3.59. The van der Waals surface area contributed by atoms with Gasteiger partial charge in [-0.25, -0.2) is 4.99 Å². The number of rotatable bonds is 6. The lowest BCUT2D eigenvalue weighted by molar-refractivity contribution is -0.128. The summed E-state index contributed by atoms with van der Waals surface area (Å²) in [5, 5.41) is 0. The second-order valence-corrected chi connectivity index (χ2v) is 12.5. The molecule has 2 N–H and O–H groups in total. The summed E-state index contributed by atoms with van der Waals surface area (Å²) < 4.78 is 5.51. The lowest BCUT2D eigenvalue weighted by Crippen LogP contribution is -2.49. The molecule has 2 aromatic carbocycles. The van der Waals surface area contributed by atoms with Crippen LogP contribution >= 0.6 is 0 Å². The number of nitrogens with two attached hydrogens (primary N) is 1. The smallest absolute Gasteiger partial charge is 0.231 e. The van der Waals surface area contributed by atoms with Gasteiger partial charge in [-0.3, -0.25) is 9.69 Å². The number of carbonyl (C=O) groups excluding carboxylic acids is 1. The minimum absolute atomic E-state index is 0.0659. The average molecular weight is 572 g/mol. The molecule has 6 rings (SSSR count). The first kappa shape index (κ1) is 32.0. The fourth-order valence-electron chi connectivity index (χ4n) is 6.83. The Balaban J connectivity index is 0.000000148. The van der Waals surface area contributed by atoms with Crippen LogP contribution in [-0.2, 0) is 22.4 Å². The molecule has 5 nitrogen and oxygen atoms in total. The normalized spacial score (nSPS) is 21.7. The molecule has 1 saturated carbocycles. The van der Waals surface area contributed by atoms with Crippen LogP contribution < -0.4 is 5.73 Å². The van der Waals surface area contributed by atoms with Gasteiger partial charge in [0.1, 0.15) is 0 Å². The highest BCUT2D eigenvalue weighted by atomic mass is 16.5. The predicted octanol–water partition coefficient (Wildman–Crippen LogP) is 8.52. The van der Waals surface area contributed by atoms with E-state index < -0.39 is 0 Å². The van der Waals surface area contributed by atoms with Gasteiger partial charge in [0.25, 0.3) is 0 Å². The van der Waals surface area contributed by atoms with E-state index in [0.29, 0.717) is 18.5 Å². The van der Waals surface area contributed by atoms with Gasteiger partial charge in [-0.2, -0.15) is 0 Å². The zero-order chi connectivity index (χ0) is 30.3. The maximum Gasteiger partial charge on any atom is 0.231 e. The highest BCUT2D eigenvalue weighted by molar-refractivity contribution is 5.98. The van der Waals surface area contributed by atoms with Crippen LogP contribution in [0.25, 0.3) is 5.57 Å². The number of benzene rings is 2. The standard InChI is InChI=1S/C16H20O.C12H16.C9H17N3O/c1-11(12-4-3-5-12)13-6-8-15-14(10-13)7-9-16(15)17-2;1-2-5-10-8-9-11-6-3-4-7-12(10)11;1-4-9(5-2)6-7(13)12(3)8(10)11-9/h6,8,10,16H,3-5,7,9H2,1-2H3;3-4,6-7,10H,2,5,8-9H2,1H3;4-6H2,1-3H3,(H2,10,11)/t;10-;/m.0./s1. The third kappa shape index (κ3) is 7.16. The Labute approximate surface area is 254 Å². The molecule has 42 heavy (non-hydrogen) atoms. The van der Waals surface area contributed by atoms with E-state index in [1.165, 1.54) is 78.5 Å². The zero-order valence-electron chi connectivity index (χ0n) is 27.0. The van der Waals surface area contributed by atoms with Crippen LogP contribution in [0.2, 0.25) is 0 Å². The summed E-state index contributed by atoms with van der Waals surface area (Å²) in [6.07, 6.45) is 14.2. The van der Waals surface area contributed by atoms with Gasteiger partial charge in [0.2, 0.25) is 5.91 Å². The van der Waals surface area contributed by atoms with E-state index in [1.807, 2.05) is 21.0 Å². The van der Waals surface area contributed by atoms with Gasteiger partial charge in [-0.15, -0.1) is 0 Å². The van der Waals surface area contributed by atoms with E-state index >= 15 is 0 Å². The van der Waals surface area contributed by atoms with Crippen molar-refractivity contribution in [3.05, 3.63) is 75.9 Å². The van der Waals surface area contributed by atoms with Crippen LogP contribution in [0, 0.1) is 0 Å². The number of allylic oxidation sites excluding steroid dienone is 2. The first-order chi connectivity index (χ1) is 20.3. The molecular weight excluding hydrogens is 518 g/mol. The summed E-state index contributed by atoms with van der Waals surface area (Å²) in [6.45, 7) is 8.64. The third-order valence-electron chi connectivity index (χ3n) is 10.1. The lowest BCUT2D eigenvalue weighted by atomic mass is 9.85. The van der Waals surface area contributed by atoms with Gasteiger partial charge in [-0.05, 0) is 110 Å². The summed E-state index contributed by atoms with van der Waals surface area (Å²) in [4.78, 5) is 17.3. The van der Waals surface area contributed by atoms with Crippen LogP contribution in [0.4, 0.5) is 0 Å². The van der Waals surface area contributed by atoms with Crippen LogP contribution in [0.1, 0.15) is 132 Å². The predicted molar refractivity (Wildman–Crippen MR) is 176 cm³/mol. The highest BCUT2D eigenvalue weighted by Crippen LogP contribution is 2.38. The van der Waals surface area contributed by atoms with Gasteiger partial charge < -0.3 is 10.5 Å². The maximum absolute atomic E-state index is 11.5. The third-order valence-corrected chi connectivity index (χ3v) is 10.1. The lowest BCUT2D eigenvalue weighted by Gasteiger charge is -2.34. The summed E-state index contributed by atoms with van der Waals surface area (Å²) in [6, 6.07) is 15.9. The Bertz CT molecular complexity index is 1280. The van der Waals surface area contributed by atoms with Crippen molar-refractivity contribution in [2.75, 3.05) is 14.2 Å². The number of methoxy groups -OCH3 is 1. The highest BCUT2D eigenvalue weighted by Gasteiger charge is 2.35. The van der Waals surface area contributed by atoms with E-state index in [4.69, 9.17) is 10.5 Å². The molecular formula is C37H53N3O2. The number of fused-ring (bicyclic) bond motifs is 2. The Morgan fingerprint density at radius 2 is 1.71 bits per heavy atom. The Morgan fingerprint density at radius 1 is 1.00 bits per heavy atom. The number of hydrogen-bond acceptors (Lipinski definition) is 4. The van der Waals surface area contributed by atoms with Gasteiger partial charge in [0.05, 0.1) is 18.1 Å². The second kappa shape index (κ2) is 14.5. The molecule has 1 unspecified atom stereocenters. The molecule has 5 heteroatoms. The van der Waals surface area contributed by atoms with Crippen LogP contribution in [0.15, 0.2) is 53.0 Å². The first-order valence-electron chi connectivity index (χ1n) is 16.3. The van der Waals surface area contributed by atoms with Crippen molar-refractivity contribution in [1.29, 1.82) is 0 Å². The Hall–Kier alpha value is -2.92. The van der Waals surface area contributed by atoms with Gasteiger partial charge in [-0.1, -0.05) is 75.2 Å². The van der Waals surface area contributed by atoms with Crippen molar-refractivity contribution in [3.8, 4) is 0 Å². The van der Waals surface area contributed by atoms with Crippen LogP contribution in [0.3, 0.4) is 0 Å². The quantitative estimate of drug-likeness (QED) is 0.378. The van der Waals surface area contributed by atoms with Gasteiger partial charge in [0.15, 0.2) is 5.96 Å². The van der Waals surface area contributed by atoms with Crippen molar-refractivity contribution in [2.24, 2.45) is 10.7 Å². The number of carbonyl (C=O) groups is 1. The molecule has 228 valence electrons. The molecule has 4 aliphatic rings. The molecule has 0 spiro atoms. The minimum Gasteiger partial charge on any atom is -0.377 e. The number of nitrogens with zero attached hydrogens (tertiary/aromatic N) is 2. The Kier molecular flexibility index (Phi) is 11.1. The van der Waals surface area contributed by atoms with Gasteiger partial charge in [0, 0.05) is 14.2 Å². The summed E-state index contributed by atoms with van der Waals surface area (Å²) in [7, 11) is 3.48. The molecule has 1 aliphatic heterocycles. The van der Waals surface area contributed by atoms with Crippen molar-refractivity contribution >= 4 is 17.4 Å². The molecule has 1 fully saturated rings. The number of aryl methyl sites for hydroxylation is 2. The number of hydrogen-bond donors (Lipinski definition) is 1. The van der Waals surface area contributed by atoms with E-state index in [0.717, 1.165) is 25.2 Å². The number of amides is 1. The maximum atomic E-state index is 11.5. The van der Waals surface area contributed by atoms with Crippen LogP contribution in [-0.4, -0.2) is 36.5 Å². The summed E-state index contributed by atoms with van der Waals surface area (Å²) >= 11 is 0. The molecule has 3 aliphatic carbocycles. The number of guanidine groups is 1. The van der Waals surface area contributed by atoms with Crippen molar-refractivity contribution < 1.29 is 9.53 Å². The Morgan fingerprint density at radius 3 is 2.33 bits per heavy atom. The van der Waals surface area contributed by atoms with Crippen molar-refractivity contribution in [1.82, 2.24) is 4.90 Å². The molecule has 2 aromatic rings. The number of ether oxygens (including phenoxy) is 1. The topological polar surface area (TPSA) is 67.9 Å². The molecule has 2 atom stereocenters. The molecule has 0 saturated heterocycles. The molecule has 1 heterocycles. The van der Waals surface area contributed by atoms with E-state index in [1.54, 1.807) is 23.7 Å². The van der Waals surface area contributed by atoms with Crippen LogP contribution in [0.5, 0.6) is 0 Å². The fourth-order valence-corrected chi connectivity index (χ4v) is 6.83. The van der Waals surface area contributed by atoms with Crippen molar-refractivity contribution in [3.63, 3.8) is 0 Å². The monoisotopic (exact) mass is 571 g/mol. The zero-order valence-corrected chi connectivity index (χ0v) is 27.0. The van der Waals surface area contributed by atoms with Gasteiger partial charge >= 0.3 is 0 Å².